The van der Waals surface area contributed by atoms with Crippen LogP contribution in [0.3, 0.4) is 0 Å². The molecule has 0 heterocycles. The second kappa shape index (κ2) is 8.13. The third kappa shape index (κ3) is 5.37. The van der Waals surface area contributed by atoms with Gasteiger partial charge in [-0.25, -0.2) is 4.79 Å². The summed E-state index contributed by atoms with van der Waals surface area (Å²) in [5.41, 5.74) is 1.27. The van der Waals surface area contributed by atoms with Crippen molar-refractivity contribution in [1.82, 2.24) is 5.32 Å². The highest BCUT2D eigenvalue weighted by Gasteiger charge is 2.13. The maximum atomic E-state index is 11.9. The lowest BCUT2D eigenvalue weighted by molar-refractivity contribution is -0.124. The van der Waals surface area contributed by atoms with Crippen LogP contribution in [0.4, 0.5) is 0 Å². The number of halogens is 2. The molecule has 0 aromatic heterocycles. The maximum absolute atomic E-state index is 11.9. The van der Waals surface area contributed by atoms with Crippen molar-refractivity contribution in [3.8, 4) is 0 Å². The van der Waals surface area contributed by atoms with E-state index < -0.39 is 5.97 Å². The molecule has 0 saturated heterocycles. The van der Waals surface area contributed by atoms with E-state index >= 15 is 0 Å². The van der Waals surface area contributed by atoms with E-state index in [4.69, 9.17) is 16.3 Å². The van der Waals surface area contributed by atoms with Gasteiger partial charge in [0, 0.05) is 9.50 Å². The van der Waals surface area contributed by atoms with Gasteiger partial charge in [-0.05, 0) is 42.8 Å². The molecule has 0 aliphatic heterocycles. The van der Waals surface area contributed by atoms with Crippen molar-refractivity contribution in [2.24, 2.45) is 0 Å². The number of hydrogen-bond acceptors (Lipinski definition) is 3. The third-order valence-electron chi connectivity index (χ3n) is 3.14. The molecule has 120 valence electrons. The lowest BCUT2D eigenvalue weighted by atomic mass is 10.1. The molecular weight excluding hydrogens is 382 g/mol. The lowest BCUT2D eigenvalue weighted by Gasteiger charge is -2.14. The van der Waals surface area contributed by atoms with Crippen LogP contribution in [0.5, 0.6) is 0 Å². The zero-order valence-electron chi connectivity index (χ0n) is 12.4. The van der Waals surface area contributed by atoms with Crippen molar-refractivity contribution in [2.45, 2.75) is 13.0 Å². The summed E-state index contributed by atoms with van der Waals surface area (Å²) in [4.78, 5) is 23.7. The van der Waals surface area contributed by atoms with Gasteiger partial charge in [-0.1, -0.05) is 45.7 Å². The van der Waals surface area contributed by atoms with Crippen molar-refractivity contribution < 1.29 is 14.3 Å². The molecule has 0 aliphatic rings. The van der Waals surface area contributed by atoms with Crippen LogP contribution in [0.25, 0.3) is 0 Å². The molecule has 2 aromatic rings. The highest BCUT2D eigenvalue weighted by molar-refractivity contribution is 9.10. The zero-order chi connectivity index (χ0) is 16.8. The second-order valence-corrected chi connectivity index (χ2v) is 6.28. The Morgan fingerprint density at radius 3 is 2.57 bits per heavy atom. The molecule has 23 heavy (non-hydrogen) atoms. The number of ether oxygens (including phenoxy) is 1. The van der Waals surface area contributed by atoms with Crippen LogP contribution in [0.15, 0.2) is 53.0 Å². The minimum absolute atomic E-state index is 0.180. The Labute approximate surface area is 147 Å². The predicted molar refractivity (Wildman–Crippen MR) is 92.4 cm³/mol. The van der Waals surface area contributed by atoms with Crippen molar-refractivity contribution in [1.29, 1.82) is 0 Å². The van der Waals surface area contributed by atoms with Gasteiger partial charge in [-0.2, -0.15) is 0 Å². The minimum atomic E-state index is -0.584. The quantitative estimate of drug-likeness (QED) is 0.773. The molecule has 1 atom stereocenters. The smallest absolute Gasteiger partial charge is 0.338 e. The third-order valence-corrected chi connectivity index (χ3v) is 3.91. The molecule has 0 saturated carbocycles. The van der Waals surface area contributed by atoms with Crippen LogP contribution >= 0.6 is 27.5 Å². The van der Waals surface area contributed by atoms with Crippen LogP contribution in [0, 0.1) is 0 Å². The first kappa shape index (κ1) is 17.5. The van der Waals surface area contributed by atoms with Crippen molar-refractivity contribution in [2.75, 3.05) is 6.61 Å². The molecule has 6 heteroatoms. The molecule has 4 nitrogen and oxygen atoms in total. The zero-order valence-corrected chi connectivity index (χ0v) is 14.7. The lowest BCUT2D eigenvalue weighted by Crippen LogP contribution is -2.31. The molecule has 0 unspecified atom stereocenters. The van der Waals surface area contributed by atoms with Crippen molar-refractivity contribution in [3.05, 3.63) is 69.2 Å². The van der Waals surface area contributed by atoms with Gasteiger partial charge in [-0.3, -0.25) is 4.79 Å². The van der Waals surface area contributed by atoms with Crippen LogP contribution < -0.4 is 5.32 Å². The van der Waals surface area contributed by atoms with Gasteiger partial charge in [-0.15, -0.1) is 0 Å². The van der Waals surface area contributed by atoms with E-state index in [1.54, 1.807) is 18.2 Å². The second-order valence-electron chi connectivity index (χ2n) is 4.93. The molecule has 2 rings (SSSR count). The molecule has 0 fully saturated rings. The number of nitrogens with one attached hydrogen (secondary N) is 1. The van der Waals surface area contributed by atoms with E-state index in [0.717, 1.165) is 10.0 Å². The molecular formula is C17H15BrClNO3. The van der Waals surface area contributed by atoms with Crippen LogP contribution in [0.2, 0.25) is 5.02 Å². The summed E-state index contributed by atoms with van der Waals surface area (Å²) >= 11 is 9.17. The summed E-state index contributed by atoms with van der Waals surface area (Å²) in [6.07, 6.45) is 0. The van der Waals surface area contributed by atoms with Gasteiger partial charge in [0.15, 0.2) is 6.61 Å². The van der Waals surface area contributed by atoms with E-state index in [1.165, 1.54) is 6.07 Å². The number of amides is 1. The first-order chi connectivity index (χ1) is 11.0. The standard InChI is InChI=1S/C17H15BrClNO3/c1-11(12-5-7-14(18)8-6-12)20-16(21)10-23-17(22)13-3-2-4-15(19)9-13/h2-9,11H,10H2,1H3,(H,20,21)/t11-/m0/s1. The summed E-state index contributed by atoms with van der Waals surface area (Å²) in [7, 11) is 0. The van der Waals surface area contributed by atoms with Crippen LogP contribution in [0.1, 0.15) is 28.9 Å². The summed E-state index contributed by atoms with van der Waals surface area (Å²) < 4.78 is 5.95. The van der Waals surface area contributed by atoms with Crippen molar-refractivity contribution >= 4 is 39.4 Å². The monoisotopic (exact) mass is 395 g/mol. The molecule has 1 N–H and O–H groups in total. The molecule has 0 radical (unpaired) electrons. The Kier molecular flexibility index (Phi) is 6.19. The Morgan fingerprint density at radius 2 is 1.91 bits per heavy atom. The first-order valence-corrected chi connectivity index (χ1v) is 8.10. The van der Waals surface area contributed by atoms with Gasteiger partial charge < -0.3 is 10.1 Å². The SMILES string of the molecule is C[C@H](NC(=O)COC(=O)c1cccc(Cl)c1)c1ccc(Br)cc1. The number of benzene rings is 2. The minimum Gasteiger partial charge on any atom is -0.452 e. The fourth-order valence-electron chi connectivity index (χ4n) is 1.95. The highest BCUT2D eigenvalue weighted by Crippen LogP contribution is 2.16. The number of carbonyl (C=O) groups is 2. The number of esters is 1. The van der Waals surface area contributed by atoms with Gasteiger partial charge in [0.2, 0.25) is 0 Å². The predicted octanol–water partition coefficient (Wildman–Crippen LogP) is 4.14. The molecule has 0 bridgehead atoms. The van der Waals surface area contributed by atoms with E-state index in [0.29, 0.717) is 10.6 Å². The van der Waals surface area contributed by atoms with Crippen molar-refractivity contribution in [3.63, 3.8) is 0 Å². The number of hydrogen-bond donors (Lipinski definition) is 1. The van der Waals surface area contributed by atoms with E-state index in [1.807, 2.05) is 31.2 Å². The average Bonchev–Trinajstić information content (AvgIpc) is 2.53. The maximum Gasteiger partial charge on any atom is 0.338 e. The van der Waals surface area contributed by atoms with E-state index in [-0.39, 0.29) is 18.6 Å². The Balaban J connectivity index is 1.85. The fourth-order valence-corrected chi connectivity index (χ4v) is 2.40. The number of carbonyl (C=O) groups excluding carboxylic acids is 2. The molecule has 0 aliphatic carbocycles. The average molecular weight is 397 g/mol. The molecule has 1 amide bonds. The summed E-state index contributed by atoms with van der Waals surface area (Å²) in [5.74, 6) is -0.949. The first-order valence-electron chi connectivity index (χ1n) is 6.93. The molecule has 0 spiro atoms. The topological polar surface area (TPSA) is 55.4 Å². The Morgan fingerprint density at radius 1 is 1.22 bits per heavy atom. The Bertz CT molecular complexity index is 703. The number of rotatable bonds is 5. The summed E-state index contributed by atoms with van der Waals surface area (Å²) in [6, 6.07) is 13.8. The van der Waals surface area contributed by atoms with Gasteiger partial charge in [0.25, 0.3) is 5.91 Å². The van der Waals surface area contributed by atoms with Gasteiger partial charge >= 0.3 is 5.97 Å². The van der Waals surface area contributed by atoms with Crippen LogP contribution in [-0.4, -0.2) is 18.5 Å². The molecule has 2 aromatic carbocycles. The van der Waals surface area contributed by atoms with E-state index in [2.05, 4.69) is 21.2 Å². The van der Waals surface area contributed by atoms with Gasteiger partial charge in [0.05, 0.1) is 11.6 Å². The normalized spacial score (nSPS) is 11.6. The summed E-state index contributed by atoms with van der Waals surface area (Å²) in [5, 5.41) is 3.21. The van der Waals surface area contributed by atoms with Gasteiger partial charge in [0.1, 0.15) is 0 Å². The highest BCUT2D eigenvalue weighted by atomic mass is 79.9. The fraction of sp³-hybridized carbons (Fsp3) is 0.176. The summed E-state index contributed by atoms with van der Waals surface area (Å²) in [6.45, 7) is 1.52. The Hall–Kier alpha value is -1.85. The largest absolute Gasteiger partial charge is 0.452 e. The van der Waals surface area contributed by atoms with E-state index in [9.17, 15) is 9.59 Å². The van der Waals surface area contributed by atoms with Crippen LogP contribution in [-0.2, 0) is 9.53 Å².